The standard InChI is InChI=1S/C30H50O2/c1-23(2)13-9-15-25(5)17-12-22-29(7)27(31-29)18-10-16-26(6)19-20-28-30(8,32-28)21-11-14-24(3)4/h13-14,16-17,27-28H,9-12,15,18-22H2,1-8H3/b25-17+,26-16+. The third-order valence-electron chi connectivity index (χ3n) is 7.21. The van der Waals surface area contributed by atoms with E-state index in [1.165, 1.54) is 28.7 Å². The van der Waals surface area contributed by atoms with Crippen molar-refractivity contribution in [2.75, 3.05) is 0 Å². The summed E-state index contributed by atoms with van der Waals surface area (Å²) in [6.07, 6.45) is 21.9. The summed E-state index contributed by atoms with van der Waals surface area (Å²) in [6.45, 7) is 17.8. The molecule has 0 aliphatic carbocycles. The molecule has 2 saturated heterocycles. The average molecular weight is 443 g/mol. The molecular weight excluding hydrogens is 392 g/mol. The van der Waals surface area contributed by atoms with Crippen molar-refractivity contribution in [1.29, 1.82) is 0 Å². The molecule has 0 bridgehead atoms. The van der Waals surface area contributed by atoms with E-state index in [9.17, 15) is 0 Å². The van der Waals surface area contributed by atoms with Gasteiger partial charge in [0.15, 0.2) is 0 Å². The second-order valence-corrected chi connectivity index (χ2v) is 11.2. The largest absolute Gasteiger partial charge is 0.366 e. The number of allylic oxidation sites excluding steroid dienone is 8. The van der Waals surface area contributed by atoms with Gasteiger partial charge in [0, 0.05) is 0 Å². The van der Waals surface area contributed by atoms with Crippen molar-refractivity contribution in [1.82, 2.24) is 0 Å². The van der Waals surface area contributed by atoms with Crippen LogP contribution in [0.15, 0.2) is 46.6 Å². The molecule has 0 amide bonds. The van der Waals surface area contributed by atoms with Crippen molar-refractivity contribution in [2.45, 2.75) is 143 Å². The van der Waals surface area contributed by atoms with Crippen molar-refractivity contribution < 1.29 is 9.47 Å². The minimum atomic E-state index is 0.105. The predicted octanol–water partition coefficient (Wildman–Crippen LogP) is 9.03. The van der Waals surface area contributed by atoms with Gasteiger partial charge in [-0.3, -0.25) is 0 Å². The molecule has 0 aromatic carbocycles. The smallest absolute Gasteiger partial charge is 0.0923 e. The summed E-state index contributed by atoms with van der Waals surface area (Å²) in [4.78, 5) is 0. The molecular formula is C30H50O2. The van der Waals surface area contributed by atoms with Crippen LogP contribution in [0.5, 0.6) is 0 Å². The molecule has 32 heavy (non-hydrogen) atoms. The minimum Gasteiger partial charge on any atom is -0.366 e. The van der Waals surface area contributed by atoms with Crippen LogP contribution in [0.2, 0.25) is 0 Å². The Balaban J connectivity index is 1.57. The van der Waals surface area contributed by atoms with E-state index in [1.54, 1.807) is 0 Å². The van der Waals surface area contributed by atoms with Crippen molar-refractivity contribution in [3.63, 3.8) is 0 Å². The summed E-state index contributed by atoms with van der Waals surface area (Å²) < 4.78 is 12.1. The van der Waals surface area contributed by atoms with E-state index in [-0.39, 0.29) is 11.2 Å². The highest BCUT2D eigenvalue weighted by Gasteiger charge is 2.51. The molecule has 182 valence electrons. The number of ether oxygens (including phenoxy) is 2. The zero-order valence-corrected chi connectivity index (χ0v) is 22.4. The molecule has 4 unspecified atom stereocenters. The maximum atomic E-state index is 6.08. The fraction of sp³-hybridized carbons (Fsp3) is 0.733. The van der Waals surface area contributed by atoms with E-state index in [2.05, 4.69) is 79.7 Å². The summed E-state index contributed by atoms with van der Waals surface area (Å²) >= 11 is 0. The van der Waals surface area contributed by atoms with Crippen molar-refractivity contribution >= 4 is 0 Å². The Morgan fingerprint density at radius 1 is 0.594 bits per heavy atom. The number of rotatable bonds is 15. The molecule has 0 saturated carbocycles. The monoisotopic (exact) mass is 442 g/mol. The Bertz CT molecular complexity index is 717. The van der Waals surface area contributed by atoms with Crippen LogP contribution >= 0.6 is 0 Å². The zero-order valence-electron chi connectivity index (χ0n) is 22.4. The fourth-order valence-corrected chi connectivity index (χ4v) is 4.64. The lowest BCUT2D eigenvalue weighted by molar-refractivity contribution is 0.294. The van der Waals surface area contributed by atoms with Crippen LogP contribution in [0, 0.1) is 0 Å². The van der Waals surface area contributed by atoms with E-state index in [4.69, 9.17) is 9.47 Å². The van der Waals surface area contributed by atoms with Gasteiger partial charge in [0.2, 0.25) is 0 Å². The summed E-state index contributed by atoms with van der Waals surface area (Å²) in [5.41, 5.74) is 6.06. The molecule has 2 aliphatic rings. The van der Waals surface area contributed by atoms with Crippen molar-refractivity contribution in [3.05, 3.63) is 46.6 Å². The Kier molecular flexibility index (Phi) is 10.5. The molecule has 0 aromatic heterocycles. The van der Waals surface area contributed by atoms with Gasteiger partial charge in [-0.2, -0.15) is 0 Å². The number of epoxide rings is 2. The topological polar surface area (TPSA) is 25.1 Å². The van der Waals surface area contributed by atoms with Crippen LogP contribution in [0.3, 0.4) is 0 Å². The molecule has 2 aliphatic heterocycles. The predicted molar refractivity (Wildman–Crippen MR) is 139 cm³/mol. The van der Waals surface area contributed by atoms with Gasteiger partial charge in [-0.15, -0.1) is 0 Å². The fourth-order valence-electron chi connectivity index (χ4n) is 4.64. The van der Waals surface area contributed by atoms with Crippen LogP contribution in [0.1, 0.15) is 120 Å². The van der Waals surface area contributed by atoms with Gasteiger partial charge in [0.1, 0.15) is 0 Å². The first-order valence-electron chi connectivity index (χ1n) is 13.0. The minimum absolute atomic E-state index is 0.105. The summed E-state index contributed by atoms with van der Waals surface area (Å²) in [6, 6.07) is 0. The molecule has 0 N–H and O–H groups in total. The lowest BCUT2D eigenvalue weighted by atomic mass is 9.95. The second kappa shape index (κ2) is 12.4. The van der Waals surface area contributed by atoms with Crippen LogP contribution in [-0.4, -0.2) is 23.4 Å². The van der Waals surface area contributed by atoms with Gasteiger partial charge in [-0.1, -0.05) is 46.6 Å². The molecule has 2 heteroatoms. The third-order valence-corrected chi connectivity index (χ3v) is 7.21. The zero-order chi connectivity index (χ0) is 23.8. The number of hydrogen-bond donors (Lipinski definition) is 0. The van der Waals surface area contributed by atoms with Gasteiger partial charge in [-0.25, -0.2) is 0 Å². The molecule has 0 radical (unpaired) electrons. The highest BCUT2D eigenvalue weighted by Crippen LogP contribution is 2.44. The molecule has 2 heterocycles. The second-order valence-electron chi connectivity index (χ2n) is 11.2. The lowest BCUT2D eigenvalue weighted by Gasteiger charge is -2.06. The Morgan fingerprint density at radius 3 is 1.66 bits per heavy atom. The van der Waals surface area contributed by atoms with E-state index < -0.39 is 0 Å². The van der Waals surface area contributed by atoms with Crippen molar-refractivity contribution in [2.24, 2.45) is 0 Å². The van der Waals surface area contributed by atoms with E-state index in [0.29, 0.717) is 12.2 Å². The molecule has 0 aromatic rings. The lowest BCUT2D eigenvalue weighted by Crippen LogP contribution is -2.09. The third kappa shape index (κ3) is 9.79. The molecule has 4 atom stereocenters. The highest BCUT2D eigenvalue weighted by atomic mass is 16.6. The van der Waals surface area contributed by atoms with Gasteiger partial charge < -0.3 is 9.47 Å². The van der Waals surface area contributed by atoms with Crippen LogP contribution in [0.25, 0.3) is 0 Å². The highest BCUT2D eigenvalue weighted by molar-refractivity contribution is 5.08. The SMILES string of the molecule is CC(C)=CCC/C(C)=C/CCC1(C)OC1CC/C=C(\C)CCC1OC1(C)CCC=C(C)C. The van der Waals surface area contributed by atoms with Crippen LogP contribution in [-0.2, 0) is 9.47 Å². The maximum absolute atomic E-state index is 6.08. The Morgan fingerprint density at radius 2 is 1.06 bits per heavy atom. The summed E-state index contributed by atoms with van der Waals surface area (Å²) in [7, 11) is 0. The number of hydrogen-bond acceptors (Lipinski definition) is 2. The van der Waals surface area contributed by atoms with Crippen molar-refractivity contribution in [3.8, 4) is 0 Å². The van der Waals surface area contributed by atoms with Gasteiger partial charge >= 0.3 is 0 Å². The normalized spacial score (nSPS) is 29.6. The van der Waals surface area contributed by atoms with E-state index >= 15 is 0 Å². The van der Waals surface area contributed by atoms with E-state index in [1.807, 2.05) is 0 Å². The summed E-state index contributed by atoms with van der Waals surface area (Å²) in [5, 5.41) is 0. The van der Waals surface area contributed by atoms with Gasteiger partial charge in [0.25, 0.3) is 0 Å². The average Bonchev–Trinajstić information content (AvgIpc) is 3.54. The van der Waals surface area contributed by atoms with E-state index in [0.717, 1.165) is 57.8 Å². The molecule has 2 rings (SSSR count). The van der Waals surface area contributed by atoms with Gasteiger partial charge in [0.05, 0.1) is 23.4 Å². The Labute approximate surface area is 199 Å². The first-order chi connectivity index (χ1) is 15.0. The summed E-state index contributed by atoms with van der Waals surface area (Å²) in [5.74, 6) is 0. The van der Waals surface area contributed by atoms with Crippen LogP contribution < -0.4 is 0 Å². The molecule has 2 nitrogen and oxygen atoms in total. The maximum Gasteiger partial charge on any atom is 0.0923 e. The Hall–Kier alpha value is -1.12. The molecule has 0 spiro atoms. The molecule has 2 fully saturated rings. The quantitative estimate of drug-likeness (QED) is 0.187. The van der Waals surface area contributed by atoms with Crippen LogP contribution in [0.4, 0.5) is 0 Å². The first-order valence-corrected chi connectivity index (χ1v) is 13.0. The van der Waals surface area contributed by atoms with Gasteiger partial charge in [-0.05, 0) is 120 Å². The first kappa shape index (κ1) is 27.1.